The molecular weight excluding hydrogens is 326 g/mol. The molecule has 0 radical (unpaired) electrons. The largest absolute Gasteiger partial charge is 0.326 e. The van der Waals surface area contributed by atoms with E-state index < -0.39 is 0 Å². The van der Waals surface area contributed by atoms with Gasteiger partial charge in [-0.2, -0.15) is 5.10 Å². The van der Waals surface area contributed by atoms with E-state index in [9.17, 15) is 0 Å². The highest BCUT2D eigenvalue weighted by molar-refractivity contribution is 9.10. The third-order valence-electron chi connectivity index (χ3n) is 3.43. The zero-order chi connectivity index (χ0) is 14.7. The highest BCUT2D eigenvalue weighted by Gasteiger charge is 2.12. The molecule has 106 valence electrons. The van der Waals surface area contributed by atoms with Crippen LogP contribution in [-0.4, -0.2) is 9.78 Å². The number of hydrogen-bond acceptors (Lipinski definition) is 2. The molecule has 4 heteroatoms. The lowest BCUT2D eigenvalue weighted by Crippen LogP contribution is -2.05. The van der Waals surface area contributed by atoms with Crippen LogP contribution in [-0.2, 0) is 13.1 Å². The SMILES string of the molecule is NCc1cnn(Cc2ccc(Br)cc2)c1-c1ccccc1. The number of nitrogens with two attached hydrogens (primary N) is 1. The Balaban J connectivity index is 1.99. The minimum absolute atomic E-state index is 0.491. The quantitative estimate of drug-likeness (QED) is 0.783. The molecule has 0 bridgehead atoms. The van der Waals surface area contributed by atoms with Crippen molar-refractivity contribution in [3.63, 3.8) is 0 Å². The van der Waals surface area contributed by atoms with Crippen molar-refractivity contribution in [3.8, 4) is 11.3 Å². The van der Waals surface area contributed by atoms with Crippen LogP contribution in [0.25, 0.3) is 11.3 Å². The first-order chi connectivity index (χ1) is 10.3. The van der Waals surface area contributed by atoms with E-state index in [2.05, 4.69) is 45.3 Å². The van der Waals surface area contributed by atoms with Gasteiger partial charge in [0, 0.05) is 22.1 Å². The van der Waals surface area contributed by atoms with E-state index in [-0.39, 0.29) is 0 Å². The van der Waals surface area contributed by atoms with Gasteiger partial charge >= 0.3 is 0 Å². The minimum Gasteiger partial charge on any atom is -0.326 e. The molecule has 21 heavy (non-hydrogen) atoms. The minimum atomic E-state index is 0.491. The molecule has 3 aromatic rings. The predicted molar refractivity (Wildman–Crippen MR) is 88.8 cm³/mol. The molecule has 0 saturated heterocycles. The van der Waals surface area contributed by atoms with E-state index in [1.54, 1.807) is 0 Å². The molecule has 0 aliphatic rings. The summed E-state index contributed by atoms with van der Waals surface area (Å²) in [6.07, 6.45) is 1.86. The third-order valence-corrected chi connectivity index (χ3v) is 3.96. The second-order valence-corrected chi connectivity index (χ2v) is 5.79. The van der Waals surface area contributed by atoms with Crippen molar-refractivity contribution >= 4 is 15.9 Å². The van der Waals surface area contributed by atoms with Gasteiger partial charge in [-0.3, -0.25) is 4.68 Å². The number of nitrogens with zero attached hydrogens (tertiary/aromatic N) is 2. The smallest absolute Gasteiger partial charge is 0.0731 e. The van der Waals surface area contributed by atoms with Crippen LogP contribution >= 0.6 is 15.9 Å². The fraction of sp³-hybridized carbons (Fsp3) is 0.118. The van der Waals surface area contributed by atoms with Crippen molar-refractivity contribution in [1.29, 1.82) is 0 Å². The summed E-state index contributed by atoms with van der Waals surface area (Å²) in [4.78, 5) is 0. The summed E-state index contributed by atoms with van der Waals surface area (Å²) in [5.74, 6) is 0. The fourth-order valence-corrected chi connectivity index (χ4v) is 2.65. The topological polar surface area (TPSA) is 43.8 Å². The predicted octanol–water partition coefficient (Wildman–Crippen LogP) is 3.82. The summed E-state index contributed by atoms with van der Waals surface area (Å²) >= 11 is 3.46. The van der Waals surface area contributed by atoms with E-state index in [1.165, 1.54) is 5.56 Å². The molecule has 3 nitrogen and oxygen atoms in total. The van der Waals surface area contributed by atoms with Gasteiger partial charge in [0.05, 0.1) is 18.4 Å². The standard InChI is InChI=1S/C17H16BrN3/c18-16-8-6-13(7-9-16)12-21-17(15(10-19)11-20-21)14-4-2-1-3-5-14/h1-9,11H,10,12,19H2. The maximum Gasteiger partial charge on any atom is 0.0731 e. The molecule has 0 spiro atoms. The second kappa shape index (κ2) is 6.24. The summed E-state index contributed by atoms with van der Waals surface area (Å²) in [6.45, 7) is 1.22. The Morgan fingerprint density at radius 3 is 2.38 bits per heavy atom. The van der Waals surface area contributed by atoms with E-state index in [4.69, 9.17) is 5.73 Å². The molecule has 2 N–H and O–H groups in total. The van der Waals surface area contributed by atoms with Gasteiger partial charge in [-0.15, -0.1) is 0 Å². The van der Waals surface area contributed by atoms with Crippen LogP contribution in [0.5, 0.6) is 0 Å². The number of halogens is 1. The lowest BCUT2D eigenvalue weighted by molar-refractivity contribution is 0.694. The molecule has 0 aliphatic heterocycles. The van der Waals surface area contributed by atoms with Gasteiger partial charge in [-0.25, -0.2) is 0 Å². The molecule has 1 aromatic heterocycles. The van der Waals surface area contributed by atoms with Crippen LogP contribution in [0, 0.1) is 0 Å². The maximum absolute atomic E-state index is 5.86. The van der Waals surface area contributed by atoms with Crippen molar-refractivity contribution in [3.05, 3.63) is 76.4 Å². The first-order valence-electron chi connectivity index (χ1n) is 6.82. The first kappa shape index (κ1) is 14.0. The van der Waals surface area contributed by atoms with Crippen molar-refractivity contribution in [2.75, 3.05) is 0 Å². The molecule has 0 aliphatic carbocycles. The summed E-state index contributed by atoms with van der Waals surface area (Å²) in [6, 6.07) is 18.6. The van der Waals surface area contributed by atoms with Gasteiger partial charge in [0.1, 0.15) is 0 Å². The fourth-order valence-electron chi connectivity index (χ4n) is 2.39. The molecule has 2 aromatic carbocycles. The molecule has 0 amide bonds. The molecule has 3 rings (SSSR count). The van der Waals surface area contributed by atoms with Gasteiger partial charge in [0.15, 0.2) is 0 Å². The molecular formula is C17H16BrN3. The van der Waals surface area contributed by atoms with E-state index in [1.807, 2.05) is 41.2 Å². The van der Waals surface area contributed by atoms with Gasteiger partial charge in [-0.05, 0) is 17.7 Å². The van der Waals surface area contributed by atoms with Crippen LogP contribution in [0.3, 0.4) is 0 Å². The molecule has 0 fully saturated rings. The van der Waals surface area contributed by atoms with Crippen LogP contribution < -0.4 is 5.73 Å². The van der Waals surface area contributed by atoms with Gasteiger partial charge in [-0.1, -0.05) is 58.4 Å². The van der Waals surface area contributed by atoms with E-state index in [0.29, 0.717) is 6.54 Å². The number of aromatic nitrogens is 2. The molecule has 0 atom stereocenters. The zero-order valence-electron chi connectivity index (χ0n) is 11.5. The van der Waals surface area contributed by atoms with E-state index >= 15 is 0 Å². The van der Waals surface area contributed by atoms with Gasteiger partial charge in [0.2, 0.25) is 0 Å². The lowest BCUT2D eigenvalue weighted by atomic mass is 10.1. The molecule has 0 unspecified atom stereocenters. The van der Waals surface area contributed by atoms with Crippen molar-refractivity contribution < 1.29 is 0 Å². The first-order valence-corrected chi connectivity index (χ1v) is 7.62. The summed E-state index contributed by atoms with van der Waals surface area (Å²) in [7, 11) is 0. The second-order valence-electron chi connectivity index (χ2n) is 4.87. The summed E-state index contributed by atoms with van der Waals surface area (Å²) in [5.41, 5.74) is 10.4. The Bertz CT molecular complexity index is 718. The van der Waals surface area contributed by atoms with E-state index in [0.717, 1.165) is 27.8 Å². The van der Waals surface area contributed by atoms with Gasteiger partial charge in [0.25, 0.3) is 0 Å². The number of rotatable bonds is 4. The maximum atomic E-state index is 5.86. The third kappa shape index (κ3) is 3.06. The monoisotopic (exact) mass is 341 g/mol. The number of benzene rings is 2. The van der Waals surface area contributed by atoms with Crippen LogP contribution in [0.4, 0.5) is 0 Å². The Morgan fingerprint density at radius 2 is 1.71 bits per heavy atom. The lowest BCUT2D eigenvalue weighted by Gasteiger charge is -2.10. The normalized spacial score (nSPS) is 10.8. The van der Waals surface area contributed by atoms with Crippen molar-refractivity contribution in [2.24, 2.45) is 5.73 Å². The number of hydrogen-bond donors (Lipinski definition) is 1. The van der Waals surface area contributed by atoms with Crippen LogP contribution in [0.15, 0.2) is 65.3 Å². The Labute approximate surface area is 132 Å². The Kier molecular flexibility index (Phi) is 4.18. The summed E-state index contributed by atoms with van der Waals surface area (Å²) < 4.78 is 3.10. The van der Waals surface area contributed by atoms with Crippen molar-refractivity contribution in [2.45, 2.75) is 13.1 Å². The molecule has 0 saturated carbocycles. The Hall–Kier alpha value is -1.91. The molecule has 1 heterocycles. The summed E-state index contributed by atoms with van der Waals surface area (Å²) in [5, 5.41) is 4.51. The highest BCUT2D eigenvalue weighted by atomic mass is 79.9. The van der Waals surface area contributed by atoms with Crippen LogP contribution in [0.1, 0.15) is 11.1 Å². The Morgan fingerprint density at radius 1 is 1.00 bits per heavy atom. The highest BCUT2D eigenvalue weighted by Crippen LogP contribution is 2.24. The van der Waals surface area contributed by atoms with Crippen LogP contribution in [0.2, 0.25) is 0 Å². The van der Waals surface area contributed by atoms with Crippen molar-refractivity contribution in [1.82, 2.24) is 9.78 Å². The average molecular weight is 342 g/mol. The van der Waals surface area contributed by atoms with Gasteiger partial charge < -0.3 is 5.73 Å². The average Bonchev–Trinajstić information content (AvgIpc) is 2.93. The zero-order valence-corrected chi connectivity index (χ0v) is 13.1.